The van der Waals surface area contributed by atoms with Crippen molar-refractivity contribution < 1.29 is 0 Å². The molecule has 1 heteroatoms. The van der Waals surface area contributed by atoms with Crippen molar-refractivity contribution in [1.29, 1.82) is 0 Å². The van der Waals surface area contributed by atoms with Gasteiger partial charge in [0, 0.05) is 22.5 Å². The molecule has 11 aromatic rings. The van der Waals surface area contributed by atoms with Crippen molar-refractivity contribution in [3.05, 3.63) is 260 Å². The summed E-state index contributed by atoms with van der Waals surface area (Å²) in [5.41, 5.74) is 20.8. The first-order valence-corrected chi connectivity index (χ1v) is 23.0. The Morgan fingerprint density at radius 3 is 1.27 bits per heavy atom. The number of rotatable bonds is 8. The van der Waals surface area contributed by atoms with Gasteiger partial charge in [0.25, 0.3) is 0 Å². The fourth-order valence-electron chi connectivity index (χ4n) is 10.7. The van der Waals surface area contributed by atoms with E-state index in [1.54, 1.807) is 0 Å². The second-order valence-corrected chi connectivity index (χ2v) is 18.1. The van der Waals surface area contributed by atoms with E-state index >= 15 is 0 Å². The summed E-state index contributed by atoms with van der Waals surface area (Å²) in [5, 5.41) is 5.01. The summed E-state index contributed by atoms with van der Waals surface area (Å²) < 4.78 is 0. The summed E-state index contributed by atoms with van der Waals surface area (Å²) in [4.78, 5) is 2.38. The molecular formula is C65H47N. The van der Waals surface area contributed by atoms with E-state index in [9.17, 15) is 0 Å². The highest BCUT2D eigenvalue weighted by Gasteiger charge is 2.37. The van der Waals surface area contributed by atoms with Gasteiger partial charge in [-0.3, -0.25) is 0 Å². The van der Waals surface area contributed by atoms with Gasteiger partial charge in [0.15, 0.2) is 0 Å². The Morgan fingerprint density at radius 2 is 0.682 bits per heavy atom. The van der Waals surface area contributed by atoms with Gasteiger partial charge in [0.2, 0.25) is 0 Å². The van der Waals surface area contributed by atoms with Gasteiger partial charge in [-0.25, -0.2) is 0 Å². The summed E-state index contributed by atoms with van der Waals surface area (Å²) in [6.07, 6.45) is 0. The molecule has 0 N–H and O–H groups in total. The lowest BCUT2D eigenvalue weighted by molar-refractivity contribution is 0.662. The Kier molecular flexibility index (Phi) is 9.58. The van der Waals surface area contributed by atoms with Crippen molar-refractivity contribution in [3.8, 4) is 66.8 Å². The fraction of sp³-hybridized carbons (Fsp3) is 0.0462. The predicted octanol–water partition coefficient (Wildman–Crippen LogP) is 18.1. The maximum absolute atomic E-state index is 2.42. The van der Waals surface area contributed by atoms with Crippen molar-refractivity contribution >= 4 is 38.6 Å². The predicted molar refractivity (Wildman–Crippen MR) is 281 cm³/mol. The van der Waals surface area contributed by atoms with E-state index in [2.05, 4.69) is 267 Å². The lowest BCUT2D eigenvalue weighted by atomic mass is 9.77. The summed E-state index contributed by atoms with van der Waals surface area (Å²) in [5.74, 6) is 0. The number of hydrogen-bond donors (Lipinski definition) is 0. The molecule has 312 valence electrons. The van der Waals surface area contributed by atoms with Crippen LogP contribution in [0.15, 0.2) is 249 Å². The van der Waals surface area contributed by atoms with E-state index in [1.165, 1.54) is 99.4 Å². The number of benzene rings is 11. The summed E-state index contributed by atoms with van der Waals surface area (Å²) >= 11 is 0. The molecule has 0 atom stereocenters. The maximum atomic E-state index is 2.42. The van der Waals surface area contributed by atoms with Gasteiger partial charge < -0.3 is 4.90 Å². The second-order valence-electron chi connectivity index (χ2n) is 18.1. The maximum Gasteiger partial charge on any atom is 0.0462 e. The Morgan fingerprint density at radius 1 is 0.273 bits per heavy atom. The summed E-state index contributed by atoms with van der Waals surface area (Å²) in [6, 6.07) is 91.3. The van der Waals surface area contributed by atoms with Crippen molar-refractivity contribution in [3.63, 3.8) is 0 Å². The van der Waals surface area contributed by atoms with Gasteiger partial charge in [0.05, 0.1) is 0 Å². The molecule has 0 saturated heterocycles. The highest BCUT2D eigenvalue weighted by atomic mass is 15.1. The molecule has 11 aromatic carbocycles. The van der Waals surface area contributed by atoms with Gasteiger partial charge in [0.1, 0.15) is 0 Å². The minimum Gasteiger partial charge on any atom is -0.311 e. The average Bonchev–Trinajstić information content (AvgIpc) is 3.62. The van der Waals surface area contributed by atoms with Crippen LogP contribution in [0.4, 0.5) is 17.1 Å². The van der Waals surface area contributed by atoms with Gasteiger partial charge >= 0.3 is 0 Å². The SMILES string of the molecule is CC1(C)c2ccccc2-c2cccc(-c3cc(-c4ccc(N(c5ccc(-c6cccc7ccccc67)cc5)c5ccc(-c6cccc7ccccc67)cc5)cc4)ccc3-c3ccccc3)c21. The van der Waals surface area contributed by atoms with Crippen molar-refractivity contribution in [2.45, 2.75) is 19.3 Å². The molecule has 0 spiro atoms. The largest absolute Gasteiger partial charge is 0.311 e. The molecule has 0 aliphatic heterocycles. The van der Waals surface area contributed by atoms with Crippen LogP contribution in [0, 0.1) is 0 Å². The van der Waals surface area contributed by atoms with Crippen LogP contribution < -0.4 is 4.90 Å². The molecule has 0 fully saturated rings. The van der Waals surface area contributed by atoms with Crippen LogP contribution in [-0.2, 0) is 5.41 Å². The molecule has 12 rings (SSSR count). The molecule has 0 bridgehead atoms. The molecule has 0 aromatic heterocycles. The van der Waals surface area contributed by atoms with Crippen LogP contribution >= 0.6 is 0 Å². The molecule has 66 heavy (non-hydrogen) atoms. The third kappa shape index (κ3) is 6.71. The quantitative estimate of drug-likeness (QED) is 0.147. The molecular weight excluding hydrogens is 795 g/mol. The molecule has 0 heterocycles. The van der Waals surface area contributed by atoms with E-state index in [1.807, 2.05) is 0 Å². The zero-order valence-electron chi connectivity index (χ0n) is 37.1. The van der Waals surface area contributed by atoms with Crippen LogP contribution in [0.2, 0.25) is 0 Å². The highest BCUT2D eigenvalue weighted by Crippen LogP contribution is 2.53. The molecule has 0 radical (unpaired) electrons. The minimum atomic E-state index is -0.141. The Balaban J connectivity index is 0.954. The van der Waals surface area contributed by atoms with Gasteiger partial charge in [-0.05, 0) is 142 Å². The smallest absolute Gasteiger partial charge is 0.0462 e. The first kappa shape index (κ1) is 39.3. The van der Waals surface area contributed by atoms with Gasteiger partial charge in [-0.2, -0.15) is 0 Å². The Bertz CT molecular complexity index is 3450. The molecule has 0 unspecified atom stereocenters. The summed E-state index contributed by atoms with van der Waals surface area (Å²) in [7, 11) is 0. The van der Waals surface area contributed by atoms with E-state index in [0.717, 1.165) is 17.1 Å². The van der Waals surface area contributed by atoms with Crippen LogP contribution in [0.25, 0.3) is 88.3 Å². The lowest BCUT2D eigenvalue weighted by Gasteiger charge is -2.26. The number of hydrogen-bond acceptors (Lipinski definition) is 1. The van der Waals surface area contributed by atoms with Crippen LogP contribution in [0.5, 0.6) is 0 Å². The normalized spacial score (nSPS) is 12.5. The van der Waals surface area contributed by atoms with E-state index in [4.69, 9.17) is 0 Å². The second kappa shape index (κ2) is 16.1. The number of nitrogens with zero attached hydrogens (tertiary/aromatic N) is 1. The highest BCUT2D eigenvalue weighted by molar-refractivity contribution is 5.99. The number of anilines is 3. The molecule has 1 nitrogen and oxygen atoms in total. The first-order valence-electron chi connectivity index (χ1n) is 23.0. The Hall–Kier alpha value is -8.26. The standard InChI is InChI=1S/C65H47N/c1-65(2)63-28-11-10-23-59(63)60-26-14-27-61(64(60)65)62-43-50(35-42-58(62)45-15-4-3-5-16-45)44-29-36-51(37-30-44)66(52-38-31-48(32-39-52)56-24-12-19-46-17-6-8-21-54(46)56)53-40-33-49(34-41-53)57-25-13-20-47-18-7-9-22-55(47)57/h3-43H,1-2H3. The third-order valence-corrected chi connectivity index (χ3v) is 13.9. The average molecular weight is 842 g/mol. The fourth-order valence-corrected chi connectivity index (χ4v) is 10.7. The zero-order valence-corrected chi connectivity index (χ0v) is 37.1. The minimum absolute atomic E-state index is 0.141. The zero-order chi connectivity index (χ0) is 44.2. The first-order chi connectivity index (χ1) is 32.5. The number of fused-ring (bicyclic) bond motifs is 5. The summed E-state index contributed by atoms with van der Waals surface area (Å²) in [6.45, 7) is 4.76. The van der Waals surface area contributed by atoms with Crippen LogP contribution in [0.3, 0.4) is 0 Å². The van der Waals surface area contributed by atoms with Gasteiger partial charge in [-0.15, -0.1) is 0 Å². The van der Waals surface area contributed by atoms with Crippen molar-refractivity contribution in [2.24, 2.45) is 0 Å². The Labute approximate surface area is 387 Å². The molecule has 0 saturated carbocycles. The van der Waals surface area contributed by atoms with Crippen LogP contribution in [-0.4, -0.2) is 0 Å². The topological polar surface area (TPSA) is 3.24 Å². The molecule has 1 aliphatic rings. The molecule has 1 aliphatic carbocycles. The van der Waals surface area contributed by atoms with Crippen molar-refractivity contribution in [1.82, 2.24) is 0 Å². The van der Waals surface area contributed by atoms with E-state index in [-0.39, 0.29) is 5.41 Å². The van der Waals surface area contributed by atoms with E-state index < -0.39 is 0 Å². The third-order valence-electron chi connectivity index (χ3n) is 13.9. The van der Waals surface area contributed by atoms with Gasteiger partial charge in [-0.1, -0.05) is 220 Å². The van der Waals surface area contributed by atoms with Crippen LogP contribution in [0.1, 0.15) is 25.0 Å². The van der Waals surface area contributed by atoms with Crippen molar-refractivity contribution in [2.75, 3.05) is 4.90 Å². The monoisotopic (exact) mass is 841 g/mol. The van der Waals surface area contributed by atoms with E-state index in [0.29, 0.717) is 0 Å². The lowest BCUT2D eigenvalue weighted by Crippen LogP contribution is -2.16. The molecule has 0 amide bonds.